The second-order valence-electron chi connectivity index (χ2n) is 3.82. The van der Waals surface area contributed by atoms with Gasteiger partial charge >= 0.3 is 5.97 Å². The maximum atomic E-state index is 10.8. The third-order valence-electron chi connectivity index (χ3n) is 2.59. The summed E-state index contributed by atoms with van der Waals surface area (Å²) in [5, 5.41) is 8.91. The van der Waals surface area contributed by atoms with Crippen LogP contribution in [0.5, 0.6) is 5.75 Å². The van der Waals surface area contributed by atoms with E-state index in [4.69, 9.17) is 9.84 Å². The summed E-state index contributed by atoms with van der Waals surface area (Å²) in [5.41, 5.74) is 2.06. The fourth-order valence-electron chi connectivity index (χ4n) is 1.50. The van der Waals surface area contributed by atoms with Crippen LogP contribution in [0.1, 0.15) is 18.1 Å². The number of hydrogen-bond donors (Lipinski definition) is 1. The SMILES string of the molecule is COc1ccc(C)c(CC(C)C(=O)O)c1Br. The first kappa shape index (κ1) is 13.0. The number of ether oxygens (including phenoxy) is 1. The van der Waals surface area contributed by atoms with E-state index in [1.54, 1.807) is 14.0 Å². The summed E-state index contributed by atoms with van der Waals surface area (Å²) in [6.07, 6.45) is 0.499. The van der Waals surface area contributed by atoms with Gasteiger partial charge in [0.25, 0.3) is 0 Å². The van der Waals surface area contributed by atoms with Crippen LogP contribution in [-0.2, 0) is 11.2 Å². The molecule has 0 heterocycles. The normalized spacial score (nSPS) is 12.2. The average Bonchev–Trinajstić information content (AvgIpc) is 2.24. The van der Waals surface area contributed by atoms with Crippen molar-refractivity contribution in [1.29, 1.82) is 0 Å². The van der Waals surface area contributed by atoms with E-state index in [1.165, 1.54) is 0 Å². The lowest BCUT2D eigenvalue weighted by Crippen LogP contribution is -2.13. The number of carboxylic acid groups (broad SMARTS) is 1. The highest BCUT2D eigenvalue weighted by molar-refractivity contribution is 9.10. The Morgan fingerprint density at radius 2 is 2.19 bits per heavy atom. The van der Waals surface area contributed by atoms with Crippen LogP contribution >= 0.6 is 15.9 Å². The summed E-state index contributed by atoms with van der Waals surface area (Å²) in [7, 11) is 1.60. The Hall–Kier alpha value is -1.03. The lowest BCUT2D eigenvalue weighted by Gasteiger charge is -2.14. The Labute approximate surface area is 104 Å². The van der Waals surface area contributed by atoms with E-state index < -0.39 is 11.9 Å². The van der Waals surface area contributed by atoms with Crippen LogP contribution < -0.4 is 4.74 Å². The molecule has 0 saturated heterocycles. The number of rotatable bonds is 4. The van der Waals surface area contributed by atoms with Gasteiger partial charge in [0.05, 0.1) is 17.5 Å². The molecule has 1 unspecified atom stereocenters. The van der Waals surface area contributed by atoms with Gasteiger partial charge in [-0.2, -0.15) is 0 Å². The van der Waals surface area contributed by atoms with E-state index in [0.717, 1.165) is 21.3 Å². The van der Waals surface area contributed by atoms with Gasteiger partial charge < -0.3 is 9.84 Å². The molecule has 3 nitrogen and oxygen atoms in total. The van der Waals surface area contributed by atoms with Gasteiger partial charge in [-0.15, -0.1) is 0 Å². The molecule has 0 aliphatic rings. The highest BCUT2D eigenvalue weighted by Gasteiger charge is 2.17. The largest absolute Gasteiger partial charge is 0.496 e. The lowest BCUT2D eigenvalue weighted by molar-refractivity contribution is -0.141. The molecule has 4 heteroatoms. The van der Waals surface area contributed by atoms with Crippen molar-refractivity contribution in [1.82, 2.24) is 0 Å². The Kier molecular flexibility index (Phi) is 4.35. The minimum atomic E-state index is -0.783. The van der Waals surface area contributed by atoms with Gasteiger partial charge in [-0.05, 0) is 46.5 Å². The third-order valence-corrected chi connectivity index (χ3v) is 3.46. The molecule has 1 aromatic carbocycles. The topological polar surface area (TPSA) is 46.5 Å². The summed E-state index contributed by atoms with van der Waals surface area (Å²) in [6.45, 7) is 3.67. The van der Waals surface area contributed by atoms with Crippen LogP contribution in [0, 0.1) is 12.8 Å². The zero-order valence-corrected chi connectivity index (χ0v) is 11.2. The van der Waals surface area contributed by atoms with Gasteiger partial charge in [-0.1, -0.05) is 13.0 Å². The second kappa shape index (κ2) is 5.34. The first-order valence-electron chi connectivity index (χ1n) is 5.02. The van der Waals surface area contributed by atoms with Crippen molar-refractivity contribution in [3.63, 3.8) is 0 Å². The van der Waals surface area contributed by atoms with Crippen molar-refractivity contribution in [2.45, 2.75) is 20.3 Å². The van der Waals surface area contributed by atoms with Crippen molar-refractivity contribution in [2.24, 2.45) is 5.92 Å². The van der Waals surface area contributed by atoms with Crippen LogP contribution in [0.15, 0.2) is 16.6 Å². The number of hydrogen-bond acceptors (Lipinski definition) is 2. The number of carbonyl (C=O) groups is 1. The molecule has 1 aromatic rings. The molecule has 0 amide bonds. The van der Waals surface area contributed by atoms with Crippen LogP contribution in [0.3, 0.4) is 0 Å². The molecular formula is C12H15BrO3. The Balaban J connectivity index is 3.07. The number of methoxy groups -OCH3 is 1. The highest BCUT2D eigenvalue weighted by atomic mass is 79.9. The molecule has 0 bridgehead atoms. The predicted molar refractivity (Wildman–Crippen MR) is 65.9 cm³/mol. The van der Waals surface area contributed by atoms with E-state index in [9.17, 15) is 4.79 Å². The number of halogens is 1. The minimum Gasteiger partial charge on any atom is -0.496 e. The van der Waals surface area contributed by atoms with Gasteiger partial charge in [-0.25, -0.2) is 0 Å². The summed E-state index contributed by atoms with van der Waals surface area (Å²) >= 11 is 3.45. The van der Waals surface area contributed by atoms with Crippen molar-refractivity contribution in [3.05, 3.63) is 27.7 Å². The first-order valence-corrected chi connectivity index (χ1v) is 5.81. The molecule has 0 aliphatic carbocycles. The fourth-order valence-corrected chi connectivity index (χ4v) is 2.27. The van der Waals surface area contributed by atoms with Gasteiger partial charge in [-0.3, -0.25) is 4.79 Å². The molecular weight excluding hydrogens is 272 g/mol. The maximum Gasteiger partial charge on any atom is 0.306 e. The summed E-state index contributed by atoms with van der Waals surface area (Å²) in [6, 6.07) is 3.81. The second-order valence-corrected chi connectivity index (χ2v) is 4.61. The molecule has 0 fully saturated rings. The Morgan fingerprint density at radius 3 is 2.69 bits per heavy atom. The first-order chi connectivity index (χ1) is 7.47. The molecule has 1 rings (SSSR count). The summed E-state index contributed by atoms with van der Waals surface area (Å²) in [4.78, 5) is 10.8. The van der Waals surface area contributed by atoms with E-state index in [0.29, 0.717) is 6.42 Å². The standard InChI is InChI=1S/C12H15BrO3/c1-7-4-5-10(16-3)11(13)9(7)6-8(2)12(14)15/h4-5,8H,6H2,1-3H3,(H,14,15). The summed E-state index contributed by atoms with van der Waals surface area (Å²) < 4.78 is 6.04. The van der Waals surface area contributed by atoms with Crippen molar-refractivity contribution in [2.75, 3.05) is 7.11 Å². The van der Waals surface area contributed by atoms with Crippen LogP contribution in [0.25, 0.3) is 0 Å². The molecule has 1 N–H and O–H groups in total. The molecule has 0 aliphatic heterocycles. The average molecular weight is 287 g/mol. The van der Waals surface area contributed by atoms with Crippen molar-refractivity contribution >= 4 is 21.9 Å². The van der Waals surface area contributed by atoms with Crippen LogP contribution in [0.2, 0.25) is 0 Å². The molecule has 16 heavy (non-hydrogen) atoms. The Bertz CT molecular complexity index is 401. The molecule has 1 atom stereocenters. The molecule has 0 radical (unpaired) electrons. The molecule has 0 aromatic heterocycles. The van der Waals surface area contributed by atoms with Crippen molar-refractivity contribution in [3.8, 4) is 5.75 Å². The number of aryl methyl sites for hydroxylation is 1. The van der Waals surface area contributed by atoms with Gasteiger partial charge in [0.2, 0.25) is 0 Å². The molecule has 0 spiro atoms. The number of benzene rings is 1. The third kappa shape index (κ3) is 2.76. The van der Waals surface area contributed by atoms with Crippen LogP contribution in [-0.4, -0.2) is 18.2 Å². The quantitative estimate of drug-likeness (QED) is 0.926. The maximum absolute atomic E-state index is 10.8. The Morgan fingerprint density at radius 1 is 1.56 bits per heavy atom. The van der Waals surface area contributed by atoms with Gasteiger partial charge in [0, 0.05) is 0 Å². The van der Waals surface area contributed by atoms with Gasteiger partial charge in [0.15, 0.2) is 0 Å². The zero-order chi connectivity index (χ0) is 12.3. The lowest BCUT2D eigenvalue weighted by atomic mass is 9.97. The van der Waals surface area contributed by atoms with E-state index >= 15 is 0 Å². The van der Waals surface area contributed by atoms with E-state index in [-0.39, 0.29) is 0 Å². The predicted octanol–water partition coefficient (Wildman–Crippen LogP) is 3.03. The number of aliphatic carboxylic acids is 1. The highest BCUT2D eigenvalue weighted by Crippen LogP contribution is 2.32. The van der Waals surface area contributed by atoms with Crippen LogP contribution in [0.4, 0.5) is 0 Å². The smallest absolute Gasteiger partial charge is 0.306 e. The fraction of sp³-hybridized carbons (Fsp3) is 0.417. The van der Waals surface area contributed by atoms with E-state index in [1.807, 2.05) is 19.1 Å². The minimum absolute atomic E-state index is 0.401. The zero-order valence-electron chi connectivity index (χ0n) is 9.58. The molecule has 88 valence electrons. The van der Waals surface area contributed by atoms with Gasteiger partial charge in [0.1, 0.15) is 5.75 Å². The summed E-state index contributed by atoms with van der Waals surface area (Å²) in [5.74, 6) is -0.450. The van der Waals surface area contributed by atoms with Crippen molar-refractivity contribution < 1.29 is 14.6 Å². The monoisotopic (exact) mass is 286 g/mol. The van der Waals surface area contributed by atoms with E-state index in [2.05, 4.69) is 15.9 Å². The molecule has 0 saturated carbocycles. The number of carboxylic acids is 1.